The second-order valence-electron chi connectivity index (χ2n) is 5.84. The lowest BCUT2D eigenvalue weighted by Crippen LogP contribution is -2.44. The van der Waals surface area contributed by atoms with Crippen LogP contribution in [0.5, 0.6) is 0 Å². The maximum Gasteiger partial charge on any atom is 0.309 e. The van der Waals surface area contributed by atoms with Gasteiger partial charge in [-0.15, -0.1) is 0 Å². The molecule has 2 amide bonds. The lowest BCUT2D eigenvalue weighted by atomic mass is 10.3. The molecule has 7 nitrogen and oxygen atoms in total. The van der Waals surface area contributed by atoms with E-state index in [1.807, 2.05) is 0 Å². The van der Waals surface area contributed by atoms with Gasteiger partial charge >= 0.3 is 11.8 Å². The van der Waals surface area contributed by atoms with E-state index in [9.17, 15) is 18.0 Å². The summed E-state index contributed by atoms with van der Waals surface area (Å²) in [7, 11) is -3.88. The average Bonchev–Trinajstić information content (AvgIpc) is 3.08. The second kappa shape index (κ2) is 8.37. The number of halogens is 1. The lowest BCUT2D eigenvalue weighted by molar-refractivity contribution is -0.139. The van der Waals surface area contributed by atoms with Gasteiger partial charge in [-0.05, 0) is 50.2 Å². The molecule has 26 heavy (non-hydrogen) atoms. The van der Waals surface area contributed by atoms with E-state index in [1.165, 1.54) is 36.6 Å². The summed E-state index contributed by atoms with van der Waals surface area (Å²) in [5, 5.41) is 4.00. The molecule has 2 aromatic rings. The fraction of sp³-hybridized carbons (Fsp3) is 0.294. The van der Waals surface area contributed by atoms with Crippen LogP contribution in [0.2, 0.25) is 5.02 Å². The summed E-state index contributed by atoms with van der Waals surface area (Å²) in [6.45, 7) is 3.10. The van der Waals surface area contributed by atoms with Gasteiger partial charge in [-0.2, -0.15) is 0 Å². The average molecular weight is 399 g/mol. The normalized spacial score (nSPS) is 12.6. The predicted molar refractivity (Wildman–Crippen MR) is 96.4 cm³/mol. The van der Waals surface area contributed by atoms with Crippen molar-refractivity contribution in [3.8, 4) is 0 Å². The maximum atomic E-state index is 12.9. The van der Waals surface area contributed by atoms with Crippen LogP contribution in [-0.2, 0) is 19.4 Å². The van der Waals surface area contributed by atoms with Crippen molar-refractivity contribution in [2.45, 2.75) is 30.0 Å². The maximum absolute atomic E-state index is 12.9. The Hall–Kier alpha value is -2.32. The van der Waals surface area contributed by atoms with Gasteiger partial charge < -0.3 is 15.1 Å². The van der Waals surface area contributed by atoms with E-state index >= 15 is 0 Å². The number of nitrogens with one attached hydrogen (secondary N) is 2. The molecular formula is C17H19ClN2O5S. The minimum Gasteiger partial charge on any atom is -0.468 e. The lowest BCUT2D eigenvalue weighted by Gasteiger charge is -2.17. The molecule has 0 spiro atoms. The zero-order valence-corrected chi connectivity index (χ0v) is 15.8. The van der Waals surface area contributed by atoms with Gasteiger partial charge in [-0.3, -0.25) is 9.59 Å². The van der Waals surface area contributed by atoms with Crippen molar-refractivity contribution in [3.05, 3.63) is 53.4 Å². The van der Waals surface area contributed by atoms with Crippen molar-refractivity contribution in [1.82, 2.24) is 10.6 Å². The Morgan fingerprint density at radius 1 is 1.12 bits per heavy atom. The number of rotatable bonds is 6. The number of carbonyl (C=O) groups is 2. The second-order valence-corrected chi connectivity index (χ2v) is 8.41. The SMILES string of the molecule is CC(C)NC(=O)C(=O)NCC(c1ccco1)S(=O)(=O)c1ccc(Cl)cc1. The van der Waals surface area contributed by atoms with Gasteiger partial charge in [0.2, 0.25) is 0 Å². The quantitative estimate of drug-likeness (QED) is 0.725. The third kappa shape index (κ3) is 4.86. The topological polar surface area (TPSA) is 105 Å². The summed E-state index contributed by atoms with van der Waals surface area (Å²) in [4.78, 5) is 23.6. The van der Waals surface area contributed by atoms with E-state index in [0.717, 1.165) is 0 Å². The summed E-state index contributed by atoms with van der Waals surface area (Å²) >= 11 is 5.81. The van der Waals surface area contributed by atoms with E-state index in [1.54, 1.807) is 19.9 Å². The van der Waals surface area contributed by atoms with Gasteiger partial charge in [0.05, 0.1) is 11.2 Å². The van der Waals surface area contributed by atoms with Crippen molar-refractivity contribution in [2.75, 3.05) is 6.54 Å². The summed E-state index contributed by atoms with van der Waals surface area (Å²) < 4.78 is 31.1. The highest BCUT2D eigenvalue weighted by atomic mass is 35.5. The predicted octanol–water partition coefficient (Wildman–Crippen LogP) is 2.09. The first kappa shape index (κ1) is 20.0. The van der Waals surface area contributed by atoms with Crippen molar-refractivity contribution in [3.63, 3.8) is 0 Å². The molecule has 0 aliphatic carbocycles. The Balaban J connectivity index is 2.24. The van der Waals surface area contributed by atoms with Crippen LogP contribution in [0.1, 0.15) is 24.9 Å². The Bertz CT molecular complexity index is 861. The molecule has 1 aromatic carbocycles. The van der Waals surface area contributed by atoms with Gasteiger partial charge in [-0.1, -0.05) is 11.6 Å². The fourth-order valence-electron chi connectivity index (χ4n) is 2.22. The van der Waals surface area contributed by atoms with E-state index in [4.69, 9.17) is 16.0 Å². The van der Waals surface area contributed by atoms with Crippen LogP contribution in [0.3, 0.4) is 0 Å². The minimum absolute atomic E-state index is 0.0316. The number of sulfone groups is 1. The summed E-state index contributed by atoms with van der Waals surface area (Å²) in [6, 6.07) is 8.50. The first-order chi connectivity index (χ1) is 12.2. The molecule has 0 bridgehead atoms. The Morgan fingerprint density at radius 2 is 1.77 bits per heavy atom. The molecule has 0 aliphatic rings. The molecule has 2 N–H and O–H groups in total. The molecule has 1 aromatic heterocycles. The van der Waals surface area contributed by atoms with Crippen molar-refractivity contribution in [1.29, 1.82) is 0 Å². The number of benzene rings is 1. The Labute approximate surface area is 156 Å². The standard InChI is InChI=1S/C17H19ClN2O5S/c1-11(2)20-17(22)16(21)19-10-15(14-4-3-9-25-14)26(23,24)13-7-5-12(18)6-8-13/h3-9,11,15H,10H2,1-2H3,(H,19,21)(H,20,22). The Morgan fingerprint density at radius 3 is 2.31 bits per heavy atom. The molecule has 0 aliphatic heterocycles. The zero-order chi connectivity index (χ0) is 19.3. The largest absolute Gasteiger partial charge is 0.468 e. The van der Waals surface area contributed by atoms with Crippen LogP contribution >= 0.6 is 11.6 Å². The number of hydrogen-bond acceptors (Lipinski definition) is 5. The van der Waals surface area contributed by atoms with Gasteiger partial charge in [0.1, 0.15) is 11.0 Å². The molecule has 0 saturated heterocycles. The number of furan rings is 1. The third-order valence-corrected chi connectivity index (χ3v) is 5.78. The molecule has 2 rings (SSSR count). The molecule has 1 heterocycles. The van der Waals surface area contributed by atoms with Crippen LogP contribution < -0.4 is 10.6 Å². The van der Waals surface area contributed by atoms with Crippen LogP contribution in [0.15, 0.2) is 52.0 Å². The smallest absolute Gasteiger partial charge is 0.309 e. The van der Waals surface area contributed by atoms with Crippen molar-refractivity contribution < 1.29 is 22.4 Å². The number of amides is 2. The summed E-state index contributed by atoms with van der Waals surface area (Å²) in [6.07, 6.45) is 1.34. The van der Waals surface area contributed by atoms with E-state index in [0.29, 0.717) is 5.02 Å². The molecule has 0 fully saturated rings. The molecule has 9 heteroatoms. The van der Waals surface area contributed by atoms with Gasteiger partial charge in [0.15, 0.2) is 9.84 Å². The summed E-state index contributed by atoms with van der Waals surface area (Å²) in [5.41, 5.74) is 0. The highest BCUT2D eigenvalue weighted by molar-refractivity contribution is 7.91. The fourth-order valence-corrected chi connectivity index (χ4v) is 3.93. The van der Waals surface area contributed by atoms with Crippen LogP contribution in [0.4, 0.5) is 0 Å². The highest BCUT2D eigenvalue weighted by Gasteiger charge is 2.32. The van der Waals surface area contributed by atoms with Gasteiger partial charge in [0.25, 0.3) is 0 Å². The molecule has 0 radical (unpaired) electrons. The third-order valence-electron chi connectivity index (χ3n) is 3.45. The van der Waals surface area contributed by atoms with Crippen LogP contribution in [0.25, 0.3) is 0 Å². The number of carbonyl (C=O) groups excluding carboxylic acids is 2. The molecule has 1 atom stereocenters. The Kier molecular flexibility index (Phi) is 6.44. The van der Waals surface area contributed by atoms with Gasteiger partial charge in [-0.25, -0.2) is 8.42 Å². The first-order valence-electron chi connectivity index (χ1n) is 7.83. The molecule has 140 valence electrons. The van der Waals surface area contributed by atoms with E-state index in [2.05, 4.69) is 10.6 Å². The summed E-state index contributed by atoms with van der Waals surface area (Å²) in [5.74, 6) is -1.59. The van der Waals surface area contributed by atoms with E-state index in [-0.39, 0.29) is 23.2 Å². The van der Waals surface area contributed by atoms with E-state index < -0.39 is 26.9 Å². The van der Waals surface area contributed by atoms with Crippen molar-refractivity contribution >= 4 is 33.3 Å². The minimum atomic E-state index is -3.88. The first-order valence-corrected chi connectivity index (χ1v) is 9.76. The van der Waals surface area contributed by atoms with Crippen molar-refractivity contribution in [2.24, 2.45) is 0 Å². The molecule has 1 unspecified atom stereocenters. The molecule has 0 saturated carbocycles. The van der Waals surface area contributed by atoms with Gasteiger partial charge in [0, 0.05) is 17.6 Å². The molecular weight excluding hydrogens is 380 g/mol. The number of hydrogen-bond donors (Lipinski definition) is 2. The van der Waals surface area contributed by atoms with Crippen LogP contribution in [0, 0.1) is 0 Å². The van der Waals surface area contributed by atoms with Crippen LogP contribution in [-0.4, -0.2) is 32.8 Å². The zero-order valence-electron chi connectivity index (χ0n) is 14.2. The monoisotopic (exact) mass is 398 g/mol. The highest BCUT2D eigenvalue weighted by Crippen LogP contribution is 2.29.